The Kier molecular flexibility index (Phi) is 5.03. The van der Waals surface area contributed by atoms with E-state index in [0.717, 1.165) is 22.9 Å². The normalized spacial score (nSPS) is 10.9. The summed E-state index contributed by atoms with van der Waals surface area (Å²) in [6, 6.07) is 14.0. The number of ether oxygens (including phenoxy) is 2. The SMILES string of the molecule is COc1ccc(-n2cc(COc3cc(C)ccc3C(C)C)nn2)cc1. The van der Waals surface area contributed by atoms with Gasteiger partial charge in [-0.15, -0.1) is 5.10 Å². The molecule has 0 spiro atoms. The number of hydrogen-bond donors (Lipinski definition) is 0. The third kappa shape index (κ3) is 3.99. The second-order valence-electron chi connectivity index (χ2n) is 6.34. The minimum atomic E-state index is 0.388. The Morgan fingerprint density at radius 1 is 1.08 bits per heavy atom. The van der Waals surface area contributed by atoms with Gasteiger partial charge in [0.25, 0.3) is 0 Å². The highest BCUT2D eigenvalue weighted by Crippen LogP contribution is 2.28. The number of benzene rings is 2. The van der Waals surface area contributed by atoms with Crippen LogP contribution in [0.5, 0.6) is 11.5 Å². The third-order valence-electron chi connectivity index (χ3n) is 4.04. The lowest BCUT2D eigenvalue weighted by Crippen LogP contribution is -2.00. The van der Waals surface area contributed by atoms with Crippen molar-refractivity contribution in [3.05, 3.63) is 65.5 Å². The van der Waals surface area contributed by atoms with Gasteiger partial charge in [0.2, 0.25) is 0 Å². The van der Waals surface area contributed by atoms with Gasteiger partial charge >= 0.3 is 0 Å². The molecule has 0 unspecified atom stereocenters. The van der Waals surface area contributed by atoms with Crippen molar-refractivity contribution >= 4 is 0 Å². The van der Waals surface area contributed by atoms with Gasteiger partial charge in [-0.05, 0) is 54.3 Å². The molecule has 0 radical (unpaired) electrons. The average molecular weight is 337 g/mol. The Balaban J connectivity index is 1.73. The van der Waals surface area contributed by atoms with Gasteiger partial charge in [-0.2, -0.15) is 0 Å². The first kappa shape index (κ1) is 17.0. The summed E-state index contributed by atoms with van der Waals surface area (Å²) in [7, 11) is 1.65. The summed E-state index contributed by atoms with van der Waals surface area (Å²) in [6.45, 7) is 6.78. The molecule has 5 nitrogen and oxygen atoms in total. The van der Waals surface area contributed by atoms with Gasteiger partial charge in [-0.3, -0.25) is 0 Å². The van der Waals surface area contributed by atoms with E-state index >= 15 is 0 Å². The van der Waals surface area contributed by atoms with Crippen molar-refractivity contribution in [2.24, 2.45) is 0 Å². The molecular weight excluding hydrogens is 314 g/mol. The quantitative estimate of drug-likeness (QED) is 0.673. The highest BCUT2D eigenvalue weighted by atomic mass is 16.5. The summed E-state index contributed by atoms with van der Waals surface area (Å²) in [5.41, 5.74) is 4.10. The van der Waals surface area contributed by atoms with Gasteiger partial charge in [0.15, 0.2) is 0 Å². The molecule has 2 aromatic carbocycles. The van der Waals surface area contributed by atoms with Crippen LogP contribution >= 0.6 is 0 Å². The van der Waals surface area contributed by atoms with Gasteiger partial charge < -0.3 is 9.47 Å². The van der Waals surface area contributed by atoms with E-state index in [4.69, 9.17) is 9.47 Å². The molecule has 0 amide bonds. The van der Waals surface area contributed by atoms with E-state index in [-0.39, 0.29) is 0 Å². The average Bonchev–Trinajstić information content (AvgIpc) is 3.09. The zero-order valence-electron chi connectivity index (χ0n) is 15.1. The predicted octanol–water partition coefficient (Wildman–Crippen LogP) is 4.29. The van der Waals surface area contributed by atoms with E-state index in [1.807, 2.05) is 30.5 Å². The molecular formula is C20H23N3O2. The van der Waals surface area contributed by atoms with Gasteiger partial charge in [0, 0.05) is 0 Å². The molecule has 0 fully saturated rings. The molecule has 1 aromatic heterocycles. The van der Waals surface area contributed by atoms with Crippen LogP contribution in [0.15, 0.2) is 48.7 Å². The second kappa shape index (κ2) is 7.38. The van der Waals surface area contributed by atoms with Gasteiger partial charge in [-0.25, -0.2) is 4.68 Å². The molecule has 0 saturated carbocycles. The van der Waals surface area contributed by atoms with Crippen LogP contribution in [0.1, 0.15) is 36.6 Å². The van der Waals surface area contributed by atoms with E-state index in [1.54, 1.807) is 11.8 Å². The molecule has 3 aromatic rings. The van der Waals surface area contributed by atoms with Crippen molar-refractivity contribution in [2.75, 3.05) is 7.11 Å². The molecule has 0 atom stereocenters. The van der Waals surface area contributed by atoms with E-state index in [1.165, 1.54) is 11.1 Å². The lowest BCUT2D eigenvalue weighted by Gasteiger charge is -2.14. The van der Waals surface area contributed by atoms with Crippen molar-refractivity contribution in [2.45, 2.75) is 33.3 Å². The molecule has 0 aliphatic carbocycles. The molecule has 3 rings (SSSR count). The molecule has 0 saturated heterocycles. The fourth-order valence-electron chi connectivity index (χ4n) is 2.62. The second-order valence-corrected chi connectivity index (χ2v) is 6.34. The first-order valence-electron chi connectivity index (χ1n) is 8.36. The summed E-state index contributed by atoms with van der Waals surface area (Å²) in [5, 5.41) is 8.38. The third-order valence-corrected chi connectivity index (χ3v) is 4.04. The Morgan fingerprint density at radius 2 is 1.84 bits per heavy atom. The van der Waals surface area contributed by atoms with Crippen molar-refractivity contribution in [1.82, 2.24) is 15.0 Å². The Bertz CT molecular complexity index is 838. The van der Waals surface area contributed by atoms with Crippen LogP contribution in [-0.4, -0.2) is 22.1 Å². The van der Waals surface area contributed by atoms with Crippen LogP contribution in [-0.2, 0) is 6.61 Å². The smallest absolute Gasteiger partial charge is 0.134 e. The van der Waals surface area contributed by atoms with Gasteiger partial charge in [0.05, 0.1) is 19.0 Å². The van der Waals surface area contributed by atoms with Crippen LogP contribution in [0.4, 0.5) is 0 Å². The lowest BCUT2D eigenvalue weighted by molar-refractivity contribution is 0.296. The summed E-state index contributed by atoms with van der Waals surface area (Å²) < 4.78 is 12.9. The maximum absolute atomic E-state index is 6.02. The van der Waals surface area contributed by atoms with Crippen LogP contribution in [0.3, 0.4) is 0 Å². The number of aromatic nitrogens is 3. The van der Waals surface area contributed by atoms with Crippen LogP contribution in [0.25, 0.3) is 5.69 Å². The van der Waals surface area contributed by atoms with Crippen molar-refractivity contribution in [1.29, 1.82) is 0 Å². The molecule has 130 valence electrons. The van der Waals surface area contributed by atoms with E-state index < -0.39 is 0 Å². The van der Waals surface area contributed by atoms with E-state index in [2.05, 4.69) is 49.3 Å². The fraction of sp³-hybridized carbons (Fsp3) is 0.300. The van der Waals surface area contributed by atoms with Gasteiger partial charge in [0.1, 0.15) is 23.8 Å². The minimum absolute atomic E-state index is 0.388. The zero-order chi connectivity index (χ0) is 17.8. The molecule has 0 aliphatic rings. The van der Waals surface area contributed by atoms with Crippen molar-refractivity contribution < 1.29 is 9.47 Å². The first-order chi connectivity index (χ1) is 12.1. The number of nitrogens with zero attached hydrogens (tertiary/aromatic N) is 3. The summed E-state index contributed by atoms with van der Waals surface area (Å²) in [4.78, 5) is 0. The summed E-state index contributed by atoms with van der Waals surface area (Å²) >= 11 is 0. The van der Waals surface area contributed by atoms with Crippen LogP contribution in [0, 0.1) is 6.92 Å². The largest absolute Gasteiger partial charge is 0.497 e. The van der Waals surface area contributed by atoms with Crippen molar-refractivity contribution in [3.63, 3.8) is 0 Å². The maximum atomic E-state index is 6.02. The fourth-order valence-corrected chi connectivity index (χ4v) is 2.62. The highest BCUT2D eigenvalue weighted by Gasteiger charge is 2.10. The zero-order valence-corrected chi connectivity index (χ0v) is 15.1. The Labute approximate surface area is 148 Å². The van der Waals surface area contributed by atoms with E-state index in [9.17, 15) is 0 Å². The number of hydrogen-bond acceptors (Lipinski definition) is 4. The minimum Gasteiger partial charge on any atom is -0.497 e. The monoisotopic (exact) mass is 337 g/mol. The molecule has 25 heavy (non-hydrogen) atoms. The lowest BCUT2D eigenvalue weighted by atomic mass is 10.0. The number of aryl methyl sites for hydroxylation is 1. The Morgan fingerprint density at radius 3 is 2.52 bits per heavy atom. The molecule has 0 N–H and O–H groups in total. The van der Waals surface area contributed by atoms with E-state index in [0.29, 0.717) is 12.5 Å². The number of rotatable bonds is 6. The molecule has 0 bridgehead atoms. The molecule has 1 heterocycles. The van der Waals surface area contributed by atoms with Crippen LogP contribution < -0.4 is 9.47 Å². The maximum Gasteiger partial charge on any atom is 0.134 e. The summed E-state index contributed by atoms with van der Waals surface area (Å²) in [5.74, 6) is 2.13. The van der Waals surface area contributed by atoms with Crippen molar-refractivity contribution in [3.8, 4) is 17.2 Å². The first-order valence-corrected chi connectivity index (χ1v) is 8.36. The summed E-state index contributed by atoms with van der Waals surface area (Å²) in [6.07, 6.45) is 1.88. The highest BCUT2D eigenvalue weighted by molar-refractivity contribution is 5.39. The van der Waals surface area contributed by atoms with Crippen LogP contribution in [0.2, 0.25) is 0 Å². The topological polar surface area (TPSA) is 49.2 Å². The van der Waals surface area contributed by atoms with Gasteiger partial charge in [-0.1, -0.05) is 31.2 Å². The Hall–Kier alpha value is -2.82. The number of methoxy groups -OCH3 is 1. The predicted molar refractivity (Wildman–Crippen MR) is 97.5 cm³/mol. The molecule has 0 aliphatic heterocycles. The molecule has 5 heteroatoms. The standard InChI is InChI=1S/C20H23N3O2/c1-14(2)19-10-5-15(3)11-20(19)25-13-16-12-23(22-21-16)17-6-8-18(24-4)9-7-17/h5-12,14H,13H2,1-4H3.